The monoisotopic (exact) mass is 373 g/mol. The van der Waals surface area contributed by atoms with Crippen molar-refractivity contribution in [1.82, 2.24) is 14.2 Å². The summed E-state index contributed by atoms with van der Waals surface area (Å²) in [4.78, 5) is 6.97. The van der Waals surface area contributed by atoms with E-state index in [4.69, 9.17) is 0 Å². The Kier molecular flexibility index (Phi) is 5.46. The minimum Gasteiger partial charge on any atom is -0.295 e. The van der Waals surface area contributed by atoms with Crippen molar-refractivity contribution in [2.75, 3.05) is 26.2 Å². The third-order valence-corrected chi connectivity index (χ3v) is 6.71. The SMILES string of the molecule is CC(C)(C)c1ccc(S(=O)(=O)N2CCN(Cc3ccccn3)CC2)cc1. The van der Waals surface area contributed by atoms with Crippen molar-refractivity contribution >= 4 is 10.0 Å². The molecule has 0 spiro atoms. The lowest BCUT2D eigenvalue weighted by molar-refractivity contribution is 0.180. The van der Waals surface area contributed by atoms with E-state index in [0.29, 0.717) is 18.0 Å². The van der Waals surface area contributed by atoms with Crippen molar-refractivity contribution in [2.45, 2.75) is 37.6 Å². The zero-order chi connectivity index (χ0) is 18.8. The minimum absolute atomic E-state index is 0.0133. The molecular formula is C20H27N3O2S. The van der Waals surface area contributed by atoms with Gasteiger partial charge in [0.1, 0.15) is 0 Å². The molecule has 2 aromatic rings. The number of piperazine rings is 1. The van der Waals surface area contributed by atoms with Crippen molar-refractivity contribution in [2.24, 2.45) is 0 Å². The van der Waals surface area contributed by atoms with E-state index in [1.807, 2.05) is 30.3 Å². The number of benzene rings is 1. The molecule has 1 fully saturated rings. The van der Waals surface area contributed by atoms with Gasteiger partial charge in [0.2, 0.25) is 10.0 Å². The first-order valence-electron chi connectivity index (χ1n) is 9.00. The lowest BCUT2D eigenvalue weighted by Crippen LogP contribution is -2.48. The van der Waals surface area contributed by atoms with Crippen LogP contribution < -0.4 is 0 Å². The molecule has 1 aromatic carbocycles. The van der Waals surface area contributed by atoms with Gasteiger partial charge in [-0.2, -0.15) is 4.31 Å². The first-order chi connectivity index (χ1) is 12.3. The highest BCUT2D eigenvalue weighted by Crippen LogP contribution is 2.25. The quantitative estimate of drug-likeness (QED) is 0.827. The maximum Gasteiger partial charge on any atom is 0.243 e. The van der Waals surface area contributed by atoms with Gasteiger partial charge < -0.3 is 0 Å². The van der Waals surface area contributed by atoms with Crippen molar-refractivity contribution in [3.8, 4) is 0 Å². The molecule has 3 rings (SSSR count). The van der Waals surface area contributed by atoms with E-state index >= 15 is 0 Å². The Labute approximate surface area is 156 Å². The van der Waals surface area contributed by atoms with Crippen LogP contribution in [0.4, 0.5) is 0 Å². The number of rotatable bonds is 4. The van der Waals surface area contributed by atoms with Gasteiger partial charge in [0.15, 0.2) is 0 Å². The molecule has 1 saturated heterocycles. The van der Waals surface area contributed by atoms with E-state index in [1.165, 1.54) is 0 Å². The largest absolute Gasteiger partial charge is 0.295 e. The van der Waals surface area contributed by atoms with Crippen LogP contribution in [-0.2, 0) is 22.0 Å². The summed E-state index contributed by atoms with van der Waals surface area (Å²) in [6.07, 6.45) is 1.79. The second kappa shape index (κ2) is 7.47. The fraction of sp³-hybridized carbons (Fsp3) is 0.450. The normalized spacial score (nSPS) is 17.3. The minimum atomic E-state index is -3.43. The van der Waals surface area contributed by atoms with Gasteiger partial charge in [0.25, 0.3) is 0 Å². The number of pyridine rings is 1. The van der Waals surface area contributed by atoms with Gasteiger partial charge in [0.05, 0.1) is 10.6 Å². The van der Waals surface area contributed by atoms with Gasteiger partial charge in [-0.05, 0) is 35.2 Å². The number of nitrogens with zero attached hydrogens (tertiary/aromatic N) is 3. The number of hydrogen-bond acceptors (Lipinski definition) is 4. The molecule has 6 heteroatoms. The molecule has 1 aliphatic rings. The van der Waals surface area contributed by atoms with Crippen LogP contribution in [0.1, 0.15) is 32.0 Å². The maximum atomic E-state index is 12.9. The maximum absolute atomic E-state index is 12.9. The van der Waals surface area contributed by atoms with Crippen molar-refractivity contribution in [3.05, 3.63) is 59.9 Å². The van der Waals surface area contributed by atoms with Gasteiger partial charge in [-0.15, -0.1) is 0 Å². The molecule has 2 heterocycles. The number of sulfonamides is 1. The molecule has 0 unspecified atom stereocenters. The standard InChI is InChI=1S/C20H27N3O2S/c1-20(2,3)17-7-9-19(10-8-17)26(24,25)23-14-12-22(13-15-23)16-18-6-4-5-11-21-18/h4-11H,12-16H2,1-3H3. The molecule has 0 radical (unpaired) electrons. The van der Waals surface area contributed by atoms with E-state index in [1.54, 1.807) is 22.6 Å². The summed E-state index contributed by atoms with van der Waals surface area (Å²) in [5.74, 6) is 0. The fourth-order valence-corrected chi connectivity index (χ4v) is 4.55. The Bertz CT molecular complexity index is 820. The molecule has 26 heavy (non-hydrogen) atoms. The number of aromatic nitrogens is 1. The van der Waals surface area contributed by atoms with Crippen molar-refractivity contribution in [3.63, 3.8) is 0 Å². The van der Waals surface area contributed by atoms with Crippen LogP contribution in [0.5, 0.6) is 0 Å². The van der Waals surface area contributed by atoms with Gasteiger partial charge in [-0.25, -0.2) is 8.42 Å². The zero-order valence-electron chi connectivity index (χ0n) is 15.7. The molecule has 0 aliphatic carbocycles. The van der Waals surface area contributed by atoms with Crippen LogP contribution in [-0.4, -0.2) is 48.8 Å². The summed E-state index contributed by atoms with van der Waals surface area (Å²) in [5.41, 5.74) is 2.16. The highest BCUT2D eigenvalue weighted by molar-refractivity contribution is 7.89. The first-order valence-corrected chi connectivity index (χ1v) is 10.4. The van der Waals surface area contributed by atoms with Crippen LogP contribution in [0, 0.1) is 0 Å². The topological polar surface area (TPSA) is 53.5 Å². The highest BCUT2D eigenvalue weighted by atomic mass is 32.2. The molecule has 0 bridgehead atoms. The van der Waals surface area contributed by atoms with Crippen LogP contribution >= 0.6 is 0 Å². The fourth-order valence-electron chi connectivity index (χ4n) is 3.12. The second-order valence-electron chi connectivity index (χ2n) is 7.78. The van der Waals surface area contributed by atoms with E-state index in [-0.39, 0.29) is 5.41 Å². The van der Waals surface area contributed by atoms with E-state index in [9.17, 15) is 8.42 Å². The van der Waals surface area contributed by atoms with E-state index in [2.05, 4.69) is 30.7 Å². The molecular weight excluding hydrogens is 346 g/mol. The van der Waals surface area contributed by atoms with Gasteiger partial charge in [0, 0.05) is 38.9 Å². The summed E-state index contributed by atoms with van der Waals surface area (Å²) >= 11 is 0. The van der Waals surface area contributed by atoms with Gasteiger partial charge >= 0.3 is 0 Å². The first kappa shape index (κ1) is 19.0. The Balaban J connectivity index is 1.64. The molecule has 0 N–H and O–H groups in total. The third kappa shape index (κ3) is 4.31. The highest BCUT2D eigenvalue weighted by Gasteiger charge is 2.28. The summed E-state index contributed by atoms with van der Waals surface area (Å²) in [5, 5.41) is 0. The molecule has 0 amide bonds. The average molecular weight is 374 g/mol. The zero-order valence-corrected chi connectivity index (χ0v) is 16.5. The summed E-state index contributed by atoms with van der Waals surface area (Å²) in [6, 6.07) is 13.2. The van der Waals surface area contributed by atoms with E-state index in [0.717, 1.165) is 30.9 Å². The number of hydrogen-bond donors (Lipinski definition) is 0. The van der Waals surface area contributed by atoms with E-state index < -0.39 is 10.0 Å². The molecule has 5 nitrogen and oxygen atoms in total. The molecule has 0 saturated carbocycles. The van der Waals surface area contributed by atoms with Crippen LogP contribution in [0.15, 0.2) is 53.6 Å². The van der Waals surface area contributed by atoms with Crippen LogP contribution in [0.3, 0.4) is 0 Å². The predicted molar refractivity (Wildman–Crippen MR) is 103 cm³/mol. The summed E-state index contributed by atoms with van der Waals surface area (Å²) in [7, 11) is -3.43. The Morgan fingerprint density at radius 2 is 1.62 bits per heavy atom. The molecule has 140 valence electrons. The lowest BCUT2D eigenvalue weighted by Gasteiger charge is -2.33. The third-order valence-electron chi connectivity index (χ3n) is 4.80. The van der Waals surface area contributed by atoms with Gasteiger partial charge in [-0.1, -0.05) is 39.0 Å². The average Bonchev–Trinajstić information content (AvgIpc) is 2.62. The molecule has 0 atom stereocenters. The summed E-state index contributed by atoms with van der Waals surface area (Å²) < 4.78 is 27.4. The molecule has 1 aromatic heterocycles. The Morgan fingerprint density at radius 1 is 0.962 bits per heavy atom. The van der Waals surface area contributed by atoms with Crippen LogP contribution in [0.2, 0.25) is 0 Å². The predicted octanol–water partition coefficient (Wildman–Crippen LogP) is 2.89. The smallest absolute Gasteiger partial charge is 0.243 e. The van der Waals surface area contributed by atoms with Crippen molar-refractivity contribution < 1.29 is 8.42 Å². The lowest BCUT2D eigenvalue weighted by atomic mass is 9.87. The second-order valence-corrected chi connectivity index (χ2v) is 9.71. The summed E-state index contributed by atoms with van der Waals surface area (Å²) in [6.45, 7) is 9.58. The van der Waals surface area contributed by atoms with Crippen LogP contribution in [0.25, 0.3) is 0 Å². The Morgan fingerprint density at radius 3 is 2.15 bits per heavy atom. The van der Waals surface area contributed by atoms with Crippen molar-refractivity contribution in [1.29, 1.82) is 0 Å². The molecule has 1 aliphatic heterocycles. The van der Waals surface area contributed by atoms with Gasteiger partial charge in [-0.3, -0.25) is 9.88 Å². The Hall–Kier alpha value is -1.76.